The molecule has 2 aromatic heterocycles. The third kappa shape index (κ3) is 5.60. The average Bonchev–Trinajstić information content (AvgIpc) is 3.15. The summed E-state index contributed by atoms with van der Waals surface area (Å²) in [4.78, 5) is 7.89. The molecule has 0 saturated heterocycles. The van der Waals surface area contributed by atoms with Crippen molar-refractivity contribution in [3.05, 3.63) is 167 Å². The van der Waals surface area contributed by atoms with Gasteiger partial charge in [-0.1, -0.05) is 60.7 Å². The molecule has 7 rings (SSSR count). The lowest BCUT2D eigenvalue weighted by Gasteiger charge is -2.22. The Balaban J connectivity index is 1.68. The number of rotatable bonds is 6. The molecule has 2 nitrogen and oxygen atoms in total. The molecule has 0 aliphatic heterocycles. The van der Waals surface area contributed by atoms with Crippen LogP contribution in [0.1, 0.15) is 11.1 Å². The molecule has 7 aromatic rings. The second-order valence-electron chi connectivity index (χ2n) is 12.0. The highest BCUT2D eigenvalue weighted by atomic mass is 19.2. The molecule has 0 N–H and O–H groups in total. The highest BCUT2D eigenvalue weighted by Gasteiger charge is 2.33. The van der Waals surface area contributed by atoms with E-state index < -0.39 is 68.8 Å². The normalized spacial score (nSPS) is 11.3. The Labute approximate surface area is 292 Å². The molecule has 258 valence electrons. The molecule has 0 amide bonds. The maximum absolute atomic E-state index is 16.7. The standard InChI is InChI=1S/C42H24F8N2/c1-21-11-3-5-13-23(21)25-19-28(32-36(44)34(30-16-8-10-18-52-30)40(48)42(50)38(32)46)26(24-14-6-4-12-22(24)2)20-27(25)31-35(43)33(29-15-7-9-17-51-29)39(47)41(49)37(31)45/h3-20H,1-2H3. The Morgan fingerprint density at radius 1 is 0.327 bits per heavy atom. The third-order valence-corrected chi connectivity index (χ3v) is 8.94. The average molecular weight is 709 g/mol. The van der Waals surface area contributed by atoms with Gasteiger partial charge in [-0.15, -0.1) is 0 Å². The van der Waals surface area contributed by atoms with Crippen molar-refractivity contribution in [1.29, 1.82) is 0 Å². The summed E-state index contributed by atoms with van der Waals surface area (Å²) < 4.78 is 127. The molecule has 0 fully saturated rings. The Kier molecular flexibility index (Phi) is 8.92. The molecule has 0 bridgehead atoms. The summed E-state index contributed by atoms with van der Waals surface area (Å²) in [6.45, 7) is 3.31. The Morgan fingerprint density at radius 2 is 0.673 bits per heavy atom. The number of pyridine rings is 2. The number of benzene rings is 5. The van der Waals surface area contributed by atoms with Gasteiger partial charge >= 0.3 is 0 Å². The second-order valence-corrected chi connectivity index (χ2v) is 12.0. The fourth-order valence-corrected chi connectivity index (χ4v) is 6.42. The van der Waals surface area contributed by atoms with Crippen LogP contribution in [0.25, 0.3) is 67.0 Å². The predicted molar refractivity (Wildman–Crippen MR) is 184 cm³/mol. The van der Waals surface area contributed by atoms with Crippen LogP contribution >= 0.6 is 0 Å². The van der Waals surface area contributed by atoms with E-state index in [-0.39, 0.29) is 44.8 Å². The third-order valence-electron chi connectivity index (χ3n) is 8.94. The molecular formula is C42H24F8N2. The van der Waals surface area contributed by atoms with Crippen molar-refractivity contribution in [2.45, 2.75) is 13.8 Å². The molecule has 52 heavy (non-hydrogen) atoms. The number of nitrogens with zero attached hydrogens (tertiary/aromatic N) is 2. The maximum Gasteiger partial charge on any atom is 0.195 e. The zero-order valence-corrected chi connectivity index (χ0v) is 27.3. The van der Waals surface area contributed by atoms with Crippen molar-refractivity contribution >= 4 is 0 Å². The lowest BCUT2D eigenvalue weighted by Crippen LogP contribution is -2.07. The lowest BCUT2D eigenvalue weighted by molar-refractivity contribution is 0.439. The first-order valence-corrected chi connectivity index (χ1v) is 15.9. The van der Waals surface area contributed by atoms with Crippen LogP contribution in [0.3, 0.4) is 0 Å². The van der Waals surface area contributed by atoms with Crippen LogP contribution in [0.5, 0.6) is 0 Å². The van der Waals surface area contributed by atoms with Gasteiger partial charge in [0, 0.05) is 12.4 Å². The number of aryl methyl sites for hydroxylation is 2. The van der Waals surface area contributed by atoms with E-state index in [1.807, 2.05) is 0 Å². The van der Waals surface area contributed by atoms with E-state index in [1.165, 1.54) is 60.9 Å². The van der Waals surface area contributed by atoms with Crippen molar-refractivity contribution < 1.29 is 35.1 Å². The van der Waals surface area contributed by atoms with Crippen LogP contribution in [0.4, 0.5) is 35.1 Å². The van der Waals surface area contributed by atoms with Crippen LogP contribution in [-0.4, -0.2) is 9.97 Å². The van der Waals surface area contributed by atoms with Crippen molar-refractivity contribution in [1.82, 2.24) is 9.97 Å². The first-order valence-electron chi connectivity index (χ1n) is 15.9. The molecule has 0 aliphatic rings. The van der Waals surface area contributed by atoms with E-state index in [0.29, 0.717) is 11.1 Å². The fraction of sp³-hybridized carbons (Fsp3) is 0.0476. The molecular weight excluding hydrogens is 684 g/mol. The van der Waals surface area contributed by atoms with Crippen LogP contribution in [0.2, 0.25) is 0 Å². The van der Waals surface area contributed by atoms with Crippen LogP contribution < -0.4 is 0 Å². The minimum Gasteiger partial charge on any atom is -0.256 e. The number of hydrogen-bond donors (Lipinski definition) is 0. The van der Waals surface area contributed by atoms with E-state index in [4.69, 9.17) is 0 Å². The van der Waals surface area contributed by atoms with Crippen LogP contribution in [0, 0.1) is 60.4 Å². The highest BCUT2D eigenvalue weighted by molar-refractivity contribution is 5.97. The zero-order chi connectivity index (χ0) is 36.8. The molecule has 0 radical (unpaired) electrons. The van der Waals surface area contributed by atoms with Gasteiger partial charge in [0.1, 0.15) is 11.6 Å². The first kappa shape index (κ1) is 34.3. The Bertz CT molecular complexity index is 2340. The monoisotopic (exact) mass is 708 g/mol. The van der Waals surface area contributed by atoms with Crippen molar-refractivity contribution in [3.63, 3.8) is 0 Å². The topological polar surface area (TPSA) is 25.8 Å². The summed E-state index contributed by atoms with van der Waals surface area (Å²) >= 11 is 0. The van der Waals surface area contributed by atoms with Gasteiger partial charge in [-0.2, -0.15) is 0 Å². The zero-order valence-electron chi connectivity index (χ0n) is 27.3. The summed E-state index contributed by atoms with van der Waals surface area (Å²) in [5.41, 5.74) is -3.69. The van der Waals surface area contributed by atoms with Crippen molar-refractivity contribution in [2.75, 3.05) is 0 Å². The Morgan fingerprint density at radius 3 is 1.02 bits per heavy atom. The van der Waals surface area contributed by atoms with E-state index in [9.17, 15) is 0 Å². The van der Waals surface area contributed by atoms with Crippen LogP contribution in [-0.2, 0) is 0 Å². The molecule has 0 unspecified atom stereocenters. The van der Waals surface area contributed by atoms with E-state index in [2.05, 4.69) is 9.97 Å². The number of halogens is 8. The Hall–Kier alpha value is -6.16. The lowest BCUT2D eigenvalue weighted by atomic mass is 9.82. The summed E-state index contributed by atoms with van der Waals surface area (Å²) in [6.07, 6.45) is 2.45. The molecule has 10 heteroatoms. The summed E-state index contributed by atoms with van der Waals surface area (Å²) in [5, 5.41) is 0. The molecule has 0 spiro atoms. The van der Waals surface area contributed by atoms with Crippen LogP contribution in [0.15, 0.2) is 109 Å². The van der Waals surface area contributed by atoms with Gasteiger partial charge in [-0.25, -0.2) is 35.1 Å². The van der Waals surface area contributed by atoms with Gasteiger partial charge in [0.25, 0.3) is 0 Å². The van der Waals surface area contributed by atoms with Gasteiger partial charge in [-0.05, 0) is 94.8 Å². The second kappa shape index (κ2) is 13.5. The SMILES string of the molecule is Cc1ccccc1-c1cc(-c2c(F)c(F)c(F)c(-c3ccccn3)c2F)c(-c2ccccc2C)cc1-c1c(F)c(F)c(F)c(-c2ccccn2)c1F. The minimum absolute atomic E-state index is 0.0795. The summed E-state index contributed by atoms with van der Waals surface area (Å²) in [5.74, 6) is -14.3. The number of hydrogen-bond acceptors (Lipinski definition) is 2. The highest BCUT2D eigenvalue weighted by Crippen LogP contribution is 2.48. The molecule has 2 heterocycles. The van der Waals surface area contributed by atoms with Gasteiger partial charge in [-0.3, -0.25) is 9.97 Å². The quantitative estimate of drug-likeness (QED) is 0.0976. The van der Waals surface area contributed by atoms with Gasteiger partial charge in [0.05, 0.1) is 33.6 Å². The summed E-state index contributed by atoms with van der Waals surface area (Å²) in [6, 6.07) is 23.5. The van der Waals surface area contributed by atoms with E-state index in [0.717, 1.165) is 0 Å². The maximum atomic E-state index is 16.7. The largest absolute Gasteiger partial charge is 0.256 e. The smallest absolute Gasteiger partial charge is 0.195 e. The molecule has 5 aromatic carbocycles. The minimum atomic E-state index is -1.98. The fourth-order valence-electron chi connectivity index (χ4n) is 6.42. The predicted octanol–water partition coefficient (Wildman–Crippen LogP) is 12.2. The van der Waals surface area contributed by atoms with E-state index in [1.54, 1.807) is 62.4 Å². The van der Waals surface area contributed by atoms with Crippen molar-refractivity contribution in [3.8, 4) is 67.0 Å². The molecule has 0 saturated carbocycles. The number of aromatic nitrogens is 2. The van der Waals surface area contributed by atoms with E-state index >= 15 is 35.1 Å². The summed E-state index contributed by atoms with van der Waals surface area (Å²) in [7, 11) is 0. The molecule has 0 atom stereocenters. The van der Waals surface area contributed by atoms with Crippen molar-refractivity contribution in [2.24, 2.45) is 0 Å². The van der Waals surface area contributed by atoms with Gasteiger partial charge in [0.15, 0.2) is 34.9 Å². The van der Waals surface area contributed by atoms with Gasteiger partial charge in [0.2, 0.25) is 0 Å². The first-order chi connectivity index (χ1) is 25.0. The molecule has 0 aliphatic carbocycles. The van der Waals surface area contributed by atoms with Gasteiger partial charge < -0.3 is 0 Å².